The molecule has 0 heterocycles. The number of nitrogens with one attached hydrogen (secondary N) is 2. The summed E-state index contributed by atoms with van der Waals surface area (Å²) in [5.41, 5.74) is 1.68. The predicted molar refractivity (Wildman–Crippen MR) is 131 cm³/mol. The molecule has 2 amide bonds. The third-order valence-electron chi connectivity index (χ3n) is 5.22. The molecule has 3 N–H and O–H groups in total. The summed E-state index contributed by atoms with van der Waals surface area (Å²) >= 11 is 6.02. The Kier molecular flexibility index (Phi) is 8.69. The van der Waals surface area contributed by atoms with Crippen molar-refractivity contribution in [3.8, 4) is 11.5 Å². The second-order valence-corrected chi connectivity index (χ2v) is 8.13. The largest absolute Gasteiger partial charge is 0.497 e. The maximum atomic E-state index is 12.4. The molecule has 0 aliphatic heterocycles. The molecule has 0 aliphatic rings. The molecule has 8 nitrogen and oxygen atoms in total. The molecule has 0 aromatic heterocycles. The Labute approximate surface area is 207 Å². The van der Waals surface area contributed by atoms with E-state index in [1.54, 1.807) is 49.6 Å². The molecule has 35 heavy (non-hydrogen) atoms. The molecule has 0 fully saturated rings. The third-order valence-corrected chi connectivity index (χ3v) is 5.55. The van der Waals surface area contributed by atoms with Gasteiger partial charge in [-0.05, 0) is 54.4 Å². The van der Waals surface area contributed by atoms with E-state index in [1.807, 2.05) is 31.2 Å². The van der Waals surface area contributed by atoms with Crippen molar-refractivity contribution in [3.63, 3.8) is 0 Å². The Balaban J connectivity index is 1.58. The lowest BCUT2D eigenvalue weighted by Crippen LogP contribution is -2.42. The van der Waals surface area contributed by atoms with Gasteiger partial charge in [-0.1, -0.05) is 48.0 Å². The number of halogens is 1. The molecule has 3 rings (SSSR count). The third kappa shape index (κ3) is 7.22. The highest BCUT2D eigenvalue weighted by Gasteiger charge is 2.22. The van der Waals surface area contributed by atoms with Gasteiger partial charge >= 0.3 is 12.1 Å². The van der Waals surface area contributed by atoms with E-state index in [1.165, 1.54) is 6.07 Å². The lowest BCUT2D eigenvalue weighted by molar-refractivity contribution is -0.139. The highest BCUT2D eigenvalue weighted by atomic mass is 35.5. The van der Waals surface area contributed by atoms with Crippen molar-refractivity contribution < 1.29 is 29.0 Å². The van der Waals surface area contributed by atoms with Crippen LogP contribution < -0.4 is 20.1 Å². The summed E-state index contributed by atoms with van der Waals surface area (Å²) in [6, 6.07) is 18.6. The van der Waals surface area contributed by atoms with Gasteiger partial charge in [0.1, 0.15) is 17.5 Å². The fourth-order valence-electron chi connectivity index (χ4n) is 3.32. The number of hydrogen-bond acceptors (Lipinski definition) is 5. The number of benzene rings is 3. The lowest BCUT2D eigenvalue weighted by Gasteiger charge is -2.16. The molecule has 0 aliphatic carbocycles. The zero-order valence-corrected chi connectivity index (χ0v) is 19.9. The summed E-state index contributed by atoms with van der Waals surface area (Å²) in [5, 5.41) is 15.0. The summed E-state index contributed by atoms with van der Waals surface area (Å²) in [6.45, 7) is 1.82. The first-order valence-electron chi connectivity index (χ1n) is 10.8. The van der Waals surface area contributed by atoms with Crippen LogP contribution in [-0.4, -0.2) is 36.2 Å². The van der Waals surface area contributed by atoms with E-state index in [0.717, 1.165) is 5.56 Å². The van der Waals surface area contributed by atoms with Crippen molar-refractivity contribution in [2.45, 2.75) is 25.4 Å². The van der Waals surface area contributed by atoms with Crippen molar-refractivity contribution in [1.29, 1.82) is 0 Å². The maximum absolute atomic E-state index is 12.4. The smallest absolute Gasteiger partial charge is 0.413 e. The molecular weight excluding hydrogens is 472 g/mol. The van der Waals surface area contributed by atoms with E-state index in [9.17, 15) is 19.5 Å². The summed E-state index contributed by atoms with van der Waals surface area (Å²) in [5.74, 6) is -0.791. The van der Waals surface area contributed by atoms with Crippen molar-refractivity contribution >= 4 is 29.6 Å². The standard InChI is InChI=1S/C26H25ClN2O6/c1-16(18-6-5-7-20(15-18)34-2)28-26(33)35-19-12-10-17(11-13-19)14-23(25(31)32)29-24(30)21-8-3-4-9-22(21)27/h3-13,15-16,23H,14H2,1-2H3,(H,28,33)(H,29,30)(H,31,32)/t16-,23-/m0/s1. The van der Waals surface area contributed by atoms with E-state index in [0.29, 0.717) is 11.3 Å². The van der Waals surface area contributed by atoms with E-state index in [4.69, 9.17) is 21.1 Å². The Morgan fingerprint density at radius 3 is 2.31 bits per heavy atom. The van der Waals surface area contributed by atoms with Crippen molar-refractivity contribution in [1.82, 2.24) is 10.6 Å². The number of rotatable bonds is 9. The first kappa shape index (κ1) is 25.6. The van der Waals surface area contributed by atoms with Gasteiger partial charge in [0.15, 0.2) is 0 Å². The highest BCUT2D eigenvalue weighted by Crippen LogP contribution is 2.20. The van der Waals surface area contributed by atoms with Gasteiger partial charge in [0.25, 0.3) is 5.91 Å². The molecule has 0 bridgehead atoms. The van der Waals surface area contributed by atoms with Crippen LogP contribution in [0.1, 0.15) is 34.5 Å². The van der Waals surface area contributed by atoms with E-state index in [-0.39, 0.29) is 28.8 Å². The summed E-state index contributed by atoms with van der Waals surface area (Å²) in [6.07, 6.45) is -0.603. The number of hydrogen-bond donors (Lipinski definition) is 3. The van der Waals surface area contributed by atoms with Crippen LogP contribution in [0.5, 0.6) is 11.5 Å². The average Bonchev–Trinajstić information content (AvgIpc) is 2.84. The first-order valence-corrected chi connectivity index (χ1v) is 11.1. The predicted octanol–water partition coefficient (Wildman–Crippen LogP) is 4.62. The van der Waals surface area contributed by atoms with Gasteiger partial charge < -0.3 is 25.2 Å². The molecular formula is C26H25ClN2O6. The van der Waals surface area contributed by atoms with Crippen LogP contribution in [0.15, 0.2) is 72.8 Å². The Morgan fingerprint density at radius 1 is 0.943 bits per heavy atom. The molecule has 3 aromatic rings. The van der Waals surface area contributed by atoms with Gasteiger partial charge in [-0.2, -0.15) is 0 Å². The molecule has 0 radical (unpaired) electrons. The fraction of sp³-hybridized carbons (Fsp3) is 0.192. The minimum absolute atomic E-state index is 0.0326. The maximum Gasteiger partial charge on any atom is 0.413 e. The average molecular weight is 497 g/mol. The van der Waals surface area contributed by atoms with Gasteiger partial charge in [-0.25, -0.2) is 9.59 Å². The number of carboxylic acid groups (broad SMARTS) is 1. The van der Waals surface area contributed by atoms with Gasteiger partial charge in [-0.15, -0.1) is 0 Å². The Morgan fingerprint density at radius 2 is 1.66 bits per heavy atom. The normalized spacial score (nSPS) is 12.2. The van der Waals surface area contributed by atoms with E-state index >= 15 is 0 Å². The van der Waals surface area contributed by atoms with Crippen LogP contribution in [0, 0.1) is 0 Å². The number of carbonyl (C=O) groups is 3. The number of aliphatic carboxylic acids is 1. The van der Waals surface area contributed by atoms with Crippen LogP contribution in [0.25, 0.3) is 0 Å². The molecule has 0 unspecified atom stereocenters. The van der Waals surface area contributed by atoms with Gasteiger partial charge in [0, 0.05) is 6.42 Å². The molecule has 182 valence electrons. The summed E-state index contributed by atoms with van der Waals surface area (Å²) < 4.78 is 10.5. The summed E-state index contributed by atoms with van der Waals surface area (Å²) in [7, 11) is 1.57. The van der Waals surface area contributed by atoms with Crippen LogP contribution in [0.4, 0.5) is 4.79 Å². The van der Waals surface area contributed by atoms with Crippen LogP contribution in [0.3, 0.4) is 0 Å². The minimum atomic E-state index is -1.18. The lowest BCUT2D eigenvalue weighted by atomic mass is 10.1. The highest BCUT2D eigenvalue weighted by molar-refractivity contribution is 6.33. The molecule has 3 aromatic carbocycles. The van der Waals surface area contributed by atoms with Crippen molar-refractivity contribution in [3.05, 3.63) is 94.5 Å². The number of ether oxygens (including phenoxy) is 2. The van der Waals surface area contributed by atoms with Crippen LogP contribution >= 0.6 is 11.6 Å². The molecule has 2 atom stereocenters. The van der Waals surface area contributed by atoms with Crippen LogP contribution in [0.2, 0.25) is 5.02 Å². The molecule has 0 spiro atoms. The second kappa shape index (κ2) is 11.9. The second-order valence-electron chi connectivity index (χ2n) is 7.72. The SMILES string of the molecule is COc1cccc([C@H](C)NC(=O)Oc2ccc(C[C@H](NC(=O)c3ccccc3Cl)C(=O)O)cc2)c1. The van der Waals surface area contributed by atoms with E-state index < -0.39 is 24.0 Å². The van der Waals surface area contributed by atoms with Crippen molar-refractivity contribution in [2.75, 3.05) is 7.11 Å². The Bertz CT molecular complexity index is 1200. The van der Waals surface area contributed by atoms with Crippen molar-refractivity contribution in [2.24, 2.45) is 0 Å². The number of amides is 2. The minimum Gasteiger partial charge on any atom is -0.497 e. The summed E-state index contributed by atoms with van der Waals surface area (Å²) in [4.78, 5) is 36.4. The fourth-order valence-corrected chi connectivity index (χ4v) is 3.54. The zero-order chi connectivity index (χ0) is 25.4. The number of carbonyl (C=O) groups excluding carboxylic acids is 2. The topological polar surface area (TPSA) is 114 Å². The molecule has 0 saturated heterocycles. The number of carboxylic acids is 1. The molecule has 0 saturated carbocycles. The Hall–Kier alpha value is -4.04. The quantitative estimate of drug-likeness (QED) is 0.398. The first-order chi connectivity index (χ1) is 16.8. The number of methoxy groups -OCH3 is 1. The zero-order valence-electron chi connectivity index (χ0n) is 19.2. The van der Waals surface area contributed by atoms with Gasteiger partial charge in [0.2, 0.25) is 0 Å². The van der Waals surface area contributed by atoms with Gasteiger partial charge in [-0.3, -0.25) is 4.79 Å². The van der Waals surface area contributed by atoms with Gasteiger partial charge in [0.05, 0.1) is 23.7 Å². The monoisotopic (exact) mass is 496 g/mol. The van der Waals surface area contributed by atoms with E-state index in [2.05, 4.69) is 10.6 Å². The molecule has 9 heteroatoms. The van der Waals surface area contributed by atoms with Crippen LogP contribution in [-0.2, 0) is 11.2 Å².